The number of likely N-dealkylation sites (N-methyl/N-ethyl adjacent to an activating group) is 2. The number of aromatic amines is 2. The molecule has 0 aliphatic heterocycles. The van der Waals surface area contributed by atoms with Gasteiger partial charge in [-0.2, -0.15) is 0 Å². The maximum Gasteiger partial charge on any atom is 0.235 e. The van der Waals surface area contributed by atoms with Crippen LogP contribution in [0.15, 0.2) is 30.6 Å². The summed E-state index contributed by atoms with van der Waals surface area (Å²) in [7, 11) is 5.87. The molecule has 0 saturated carbocycles. The summed E-state index contributed by atoms with van der Waals surface area (Å²) in [4.78, 5) is 33.7. The molecule has 4 rings (SSSR count). The summed E-state index contributed by atoms with van der Waals surface area (Å²) < 4.78 is 0. The van der Waals surface area contributed by atoms with Gasteiger partial charge >= 0.3 is 0 Å². The predicted molar refractivity (Wildman–Crippen MR) is 117 cm³/mol. The van der Waals surface area contributed by atoms with Gasteiger partial charge < -0.3 is 25.3 Å². The van der Waals surface area contributed by atoms with Gasteiger partial charge in [-0.25, -0.2) is 0 Å². The number of nitrogens with one attached hydrogen (secondary N) is 3. The topological polar surface area (TPSA) is 101 Å². The Morgan fingerprint density at radius 3 is 2.57 bits per heavy atom. The fourth-order valence-electron chi connectivity index (χ4n) is 4.06. The molecule has 30 heavy (non-hydrogen) atoms. The van der Waals surface area contributed by atoms with Gasteiger partial charge in [0.05, 0.1) is 16.8 Å². The van der Waals surface area contributed by atoms with Crippen LogP contribution in [-0.4, -0.2) is 65.8 Å². The number of ketones is 2. The lowest BCUT2D eigenvalue weighted by Crippen LogP contribution is -2.21. The molecule has 4 N–H and O–H groups in total. The third-order valence-electron chi connectivity index (χ3n) is 5.62. The number of aromatic nitrogens is 2. The largest absolute Gasteiger partial charge is 0.507 e. The number of rotatable bonds is 7. The van der Waals surface area contributed by atoms with E-state index in [0.29, 0.717) is 29.8 Å². The van der Waals surface area contributed by atoms with Crippen molar-refractivity contribution in [2.24, 2.45) is 0 Å². The minimum absolute atomic E-state index is 0.198. The highest BCUT2D eigenvalue weighted by atomic mass is 16.3. The van der Waals surface area contributed by atoms with Gasteiger partial charge in [0.2, 0.25) is 11.6 Å². The number of fused-ring (bicyclic) bond motifs is 2. The summed E-state index contributed by atoms with van der Waals surface area (Å²) in [6.45, 7) is 1.56. The summed E-state index contributed by atoms with van der Waals surface area (Å²) in [6.07, 6.45) is 6.54. The molecule has 3 aromatic rings. The highest BCUT2D eigenvalue weighted by Crippen LogP contribution is 2.38. The zero-order valence-electron chi connectivity index (χ0n) is 17.4. The first-order valence-corrected chi connectivity index (χ1v) is 10.0. The summed E-state index contributed by atoms with van der Waals surface area (Å²) in [5, 5.41) is 14.4. The molecule has 1 aromatic carbocycles. The number of aromatic hydroxyl groups is 1. The molecule has 0 atom stereocenters. The number of carbonyl (C=O) groups excluding carboxylic acids is 2. The second-order valence-corrected chi connectivity index (χ2v) is 7.92. The van der Waals surface area contributed by atoms with E-state index in [9.17, 15) is 14.7 Å². The smallest absolute Gasteiger partial charge is 0.235 e. The minimum Gasteiger partial charge on any atom is -0.507 e. The maximum atomic E-state index is 12.6. The molecule has 0 amide bonds. The van der Waals surface area contributed by atoms with Crippen molar-refractivity contribution in [2.75, 3.05) is 34.2 Å². The highest BCUT2D eigenvalue weighted by Gasteiger charge is 2.31. The van der Waals surface area contributed by atoms with Crippen LogP contribution in [0.4, 0.5) is 0 Å². The lowest BCUT2D eigenvalue weighted by atomic mass is 9.87. The van der Waals surface area contributed by atoms with Gasteiger partial charge in [-0.15, -0.1) is 0 Å². The van der Waals surface area contributed by atoms with Crippen LogP contribution in [0, 0.1) is 0 Å². The van der Waals surface area contributed by atoms with Gasteiger partial charge in [-0.05, 0) is 69.9 Å². The van der Waals surface area contributed by atoms with Gasteiger partial charge in [0.1, 0.15) is 5.75 Å². The zero-order chi connectivity index (χ0) is 21.4. The SMILES string of the molecule is CNCCc1c[nH]c2c1C(=O)C(=O)C=C2c1ccc(O)c2c(CCN(C)C)c[nH]c12. The van der Waals surface area contributed by atoms with Crippen LogP contribution in [0.3, 0.4) is 0 Å². The van der Waals surface area contributed by atoms with E-state index in [0.717, 1.165) is 40.6 Å². The number of phenolic OH excluding ortho intramolecular Hbond substituents is 1. The Bertz CT molecular complexity index is 1170. The van der Waals surface area contributed by atoms with Gasteiger partial charge in [0, 0.05) is 35.5 Å². The first-order chi connectivity index (χ1) is 14.4. The van der Waals surface area contributed by atoms with Gasteiger partial charge in [-0.3, -0.25) is 9.59 Å². The Morgan fingerprint density at radius 1 is 1.07 bits per heavy atom. The Labute approximate surface area is 174 Å². The van der Waals surface area contributed by atoms with Crippen molar-refractivity contribution in [2.45, 2.75) is 12.8 Å². The first kappa shape index (κ1) is 20.1. The number of Topliss-reactive ketones (excluding diaryl/α,β-unsaturated/α-hetero) is 1. The number of H-pyrrole nitrogens is 2. The third-order valence-corrected chi connectivity index (χ3v) is 5.62. The molecule has 0 fully saturated rings. The zero-order valence-corrected chi connectivity index (χ0v) is 17.4. The highest BCUT2D eigenvalue weighted by molar-refractivity contribution is 6.51. The minimum atomic E-state index is -0.525. The summed E-state index contributed by atoms with van der Waals surface area (Å²) in [5.41, 5.74) is 5.15. The van der Waals surface area contributed by atoms with E-state index in [1.165, 1.54) is 6.08 Å². The number of allylic oxidation sites excluding steroid dienone is 1. The van der Waals surface area contributed by atoms with Crippen molar-refractivity contribution in [1.82, 2.24) is 20.2 Å². The standard InChI is InChI=1S/C23H26N4O3/c1-24-8-6-13-11-26-22-16(10-18(29)23(30)20(13)22)15-4-5-17(28)19-14(7-9-27(2)3)12-25-21(15)19/h4-5,10-12,24-26,28H,6-9H2,1-3H3. The van der Waals surface area contributed by atoms with E-state index in [1.54, 1.807) is 18.3 Å². The molecule has 0 spiro atoms. The fraction of sp³-hybridized carbons (Fsp3) is 0.304. The second-order valence-electron chi connectivity index (χ2n) is 7.92. The van der Waals surface area contributed by atoms with E-state index in [1.807, 2.05) is 27.3 Å². The van der Waals surface area contributed by atoms with Crippen molar-refractivity contribution in [3.05, 3.63) is 58.6 Å². The van der Waals surface area contributed by atoms with Crippen LogP contribution in [-0.2, 0) is 17.6 Å². The van der Waals surface area contributed by atoms with Crippen LogP contribution in [0.2, 0.25) is 0 Å². The van der Waals surface area contributed by atoms with Crippen LogP contribution in [0.25, 0.3) is 16.5 Å². The van der Waals surface area contributed by atoms with Crippen molar-refractivity contribution >= 4 is 28.0 Å². The molecule has 2 heterocycles. The third kappa shape index (κ3) is 3.36. The van der Waals surface area contributed by atoms with Crippen LogP contribution in [0.5, 0.6) is 5.75 Å². The number of hydrogen-bond donors (Lipinski definition) is 4. The number of carbonyl (C=O) groups is 2. The Morgan fingerprint density at radius 2 is 1.83 bits per heavy atom. The predicted octanol–water partition coefficient (Wildman–Crippen LogP) is 2.26. The fourth-order valence-corrected chi connectivity index (χ4v) is 4.06. The van der Waals surface area contributed by atoms with Gasteiger partial charge in [-0.1, -0.05) is 0 Å². The molecule has 7 nitrogen and oxygen atoms in total. The number of nitrogens with zero attached hydrogens (tertiary/aromatic N) is 1. The molecule has 7 heteroatoms. The first-order valence-electron chi connectivity index (χ1n) is 10.0. The molecular formula is C23H26N4O3. The van der Waals surface area contributed by atoms with Crippen molar-refractivity contribution in [3.63, 3.8) is 0 Å². The van der Waals surface area contributed by atoms with E-state index in [-0.39, 0.29) is 5.75 Å². The van der Waals surface area contributed by atoms with Gasteiger partial charge in [0.15, 0.2) is 0 Å². The van der Waals surface area contributed by atoms with Crippen molar-refractivity contribution in [1.29, 1.82) is 0 Å². The Kier molecular flexibility index (Phi) is 5.32. The lowest BCUT2D eigenvalue weighted by Gasteiger charge is -2.16. The molecule has 0 radical (unpaired) electrons. The second kappa shape index (κ2) is 7.93. The number of benzene rings is 1. The number of hydrogen-bond acceptors (Lipinski definition) is 5. The molecule has 2 aromatic heterocycles. The Balaban J connectivity index is 1.84. The van der Waals surface area contributed by atoms with E-state index in [2.05, 4.69) is 20.2 Å². The monoisotopic (exact) mass is 406 g/mol. The molecule has 0 saturated heterocycles. The molecule has 0 unspecified atom stereocenters. The molecule has 1 aliphatic carbocycles. The average Bonchev–Trinajstić information content (AvgIpc) is 3.33. The summed E-state index contributed by atoms with van der Waals surface area (Å²) in [5.74, 6) is -0.804. The summed E-state index contributed by atoms with van der Waals surface area (Å²) in [6, 6.07) is 3.44. The summed E-state index contributed by atoms with van der Waals surface area (Å²) >= 11 is 0. The van der Waals surface area contributed by atoms with Crippen molar-refractivity contribution in [3.8, 4) is 5.75 Å². The lowest BCUT2D eigenvalue weighted by molar-refractivity contribution is -0.111. The number of phenols is 1. The average molecular weight is 406 g/mol. The Hall–Kier alpha value is -3.16. The molecule has 156 valence electrons. The van der Waals surface area contributed by atoms with E-state index in [4.69, 9.17) is 0 Å². The van der Waals surface area contributed by atoms with Crippen LogP contribution in [0.1, 0.15) is 32.7 Å². The van der Waals surface area contributed by atoms with Crippen molar-refractivity contribution < 1.29 is 14.7 Å². The van der Waals surface area contributed by atoms with Gasteiger partial charge in [0.25, 0.3) is 0 Å². The molecule has 0 bridgehead atoms. The normalized spacial score (nSPS) is 13.9. The van der Waals surface area contributed by atoms with E-state index >= 15 is 0 Å². The molecule has 1 aliphatic rings. The van der Waals surface area contributed by atoms with E-state index < -0.39 is 11.6 Å². The van der Waals surface area contributed by atoms with Crippen LogP contribution < -0.4 is 5.32 Å². The molecular weight excluding hydrogens is 380 g/mol. The maximum absolute atomic E-state index is 12.6. The quantitative estimate of drug-likeness (QED) is 0.451. The van der Waals surface area contributed by atoms with Crippen LogP contribution >= 0.6 is 0 Å².